The number of hydrogen-bond donors (Lipinski definition) is 1. The second-order valence-electron chi connectivity index (χ2n) is 14.0. The van der Waals surface area contributed by atoms with E-state index in [0.717, 1.165) is 18.2 Å². The number of piperidine rings is 1. The molecule has 1 N–H and O–H groups in total. The van der Waals surface area contributed by atoms with Gasteiger partial charge in [0.2, 0.25) is 5.91 Å². The van der Waals surface area contributed by atoms with Gasteiger partial charge in [-0.25, -0.2) is 17.6 Å². The van der Waals surface area contributed by atoms with Gasteiger partial charge in [0.1, 0.15) is 35.3 Å². The highest BCUT2D eigenvalue weighted by Gasteiger charge is 2.49. The van der Waals surface area contributed by atoms with Crippen molar-refractivity contribution in [1.82, 2.24) is 0 Å². The van der Waals surface area contributed by atoms with Gasteiger partial charge in [0.15, 0.2) is 20.0 Å². The molecule has 0 saturated carbocycles. The molecule has 7 nitrogen and oxygen atoms in total. The lowest BCUT2D eigenvalue weighted by Crippen LogP contribution is -2.63. The fourth-order valence-electron chi connectivity index (χ4n) is 5.82. The molecular formula is C35H41ClF4N2O5Si. The van der Waals surface area contributed by atoms with Crippen LogP contribution in [0.5, 0.6) is 11.5 Å². The minimum atomic E-state index is -2.55. The molecule has 0 spiro atoms. The summed E-state index contributed by atoms with van der Waals surface area (Å²) in [6.45, 7) is 9.90. The maximum Gasteiger partial charge on any atom is 0.227 e. The highest BCUT2D eigenvalue weighted by Crippen LogP contribution is 2.43. The summed E-state index contributed by atoms with van der Waals surface area (Å²) in [7, 11) is -1.02. The Morgan fingerprint density at radius 3 is 2.35 bits per heavy atom. The van der Waals surface area contributed by atoms with E-state index in [1.54, 1.807) is 29.2 Å². The van der Waals surface area contributed by atoms with E-state index < -0.39 is 43.3 Å². The minimum absolute atomic E-state index is 0.000304. The monoisotopic (exact) mass is 708 g/mol. The number of anilines is 2. The van der Waals surface area contributed by atoms with Gasteiger partial charge in [-0.1, -0.05) is 44.5 Å². The second kappa shape index (κ2) is 13.5. The molecule has 0 radical (unpaired) electrons. The fourth-order valence-corrected chi connectivity index (χ4v) is 7.33. The van der Waals surface area contributed by atoms with Crippen LogP contribution in [0.1, 0.15) is 44.7 Å². The number of halogens is 5. The highest BCUT2D eigenvalue weighted by molar-refractivity contribution is 6.74. The first-order chi connectivity index (χ1) is 22.4. The number of hydrogen-bond acceptors (Lipinski definition) is 6. The molecule has 2 aliphatic heterocycles. The number of rotatable bonds is 9. The number of methoxy groups -OCH3 is 1. The molecule has 0 aliphatic carbocycles. The fraction of sp³-hybridized carbons (Fsp3) is 0.457. The first-order valence-corrected chi connectivity index (χ1v) is 19.1. The molecule has 13 heteroatoms. The molecule has 2 aliphatic rings. The zero-order chi connectivity index (χ0) is 35.2. The average molecular weight is 709 g/mol. The summed E-state index contributed by atoms with van der Waals surface area (Å²) in [4.78, 5) is 15.9. The van der Waals surface area contributed by atoms with E-state index in [0.29, 0.717) is 16.9 Å². The molecule has 0 bridgehead atoms. The Hall–Kier alpha value is -3.32. The van der Waals surface area contributed by atoms with Gasteiger partial charge in [0.05, 0.1) is 36.2 Å². The van der Waals surface area contributed by atoms with Crippen LogP contribution >= 0.6 is 11.6 Å². The van der Waals surface area contributed by atoms with Crippen molar-refractivity contribution in [1.29, 1.82) is 0 Å². The number of fused-ring (bicyclic) bond motifs is 1. The van der Waals surface area contributed by atoms with E-state index in [1.165, 1.54) is 12.0 Å². The molecule has 48 heavy (non-hydrogen) atoms. The van der Waals surface area contributed by atoms with E-state index in [1.807, 2.05) is 33.9 Å². The van der Waals surface area contributed by atoms with Crippen molar-refractivity contribution >= 4 is 37.2 Å². The van der Waals surface area contributed by atoms with E-state index in [2.05, 4.69) is 0 Å². The number of aliphatic hydroxyl groups is 1. The van der Waals surface area contributed by atoms with Gasteiger partial charge in [0, 0.05) is 37.2 Å². The normalized spacial score (nSPS) is 20.2. The van der Waals surface area contributed by atoms with Crippen molar-refractivity contribution in [2.45, 2.75) is 76.4 Å². The van der Waals surface area contributed by atoms with Gasteiger partial charge in [-0.3, -0.25) is 4.79 Å². The van der Waals surface area contributed by atoms with Crippen LogP contribution in [0.3, 0.4) is 0 Å². The topological polar surface area (TPSA) is 71.5 Å². The molecule has 260 valence electrons. The molecule has 3 aromatic rings. The van der Waals surface area contributed by atoms with E-state index in [9.17, 15) is 18.7 Å². The Bertz CT molecular complexity index is 1690. The average Bonchev–Trinajstić information content (AvgIpc) is 3.02. The number of nitrogens with zero attached hydrogens (tertiary/aromatic N) is 2. The number of benzene rings is 3. The molecule has 2 atom stereocenters. The standard InChI is InChI=1S/C35H41ClF4N2O5Si/c1-34(2,3)48(5,6)47-30-19-41(28-16-25(37)24(36)15-26(28)38)14-13-35(30,44)20-46-29-17-27(39)32(40)33-23(29)11-12-31(43)42(33)18-21-7-9-22(45-4)10-8-21/h7-10,15-17,30,44H,11-14,18-20H2,1-6H3/t30-,35-/m1/s1. The SMILES string of the molecule is COc1ccc(CN2C(=O)CCc3c(OC[C@]4(O)CCN(c5cc(F)c(Cl)cc5F)C[C@H]4O[Si](C)(C)C(C)(C)C)cc(F)c(F)c32)cc1. The molecule has 1 amide bonds. The van der Waals surface area contributed by atoms with Crippen molar-refractivity contribution in [3.05, 3.63) is 81.9 Å². The predicted molar refractivity (Wildman–Crippen MR) is 180 cm³/mol. The van der Waals surface area contributed by atoms with Crippen LogP contribution in [-0.4, -0.2) is 57.8 Å². The quantitative estimate of drug-likeness (QED) is 0.139. The van der Waals surface area contributed by atoms with Crippen molar-refractivity contribution in [3.63, 3.8) is 0 Å². The van der Waals surface area contributed by atoms with Crippen LogP contribution in [0.4, 0.5) is 28.9 Å². The summed E-state index contributed by atoms with van der Waals surface area (Å²) in [5.74, 6) is -3.60. The third-order valence-corrected chi connectivity index (χ3v) is 14.5. The molecule has 3 aromatic carbocycles. The van der Waals surface area contributed by atoms with Gasteiger partial charge in [-0.2, -0.15) is 0 Å². The van der Waals surface area contributed by atoms with E-state index >= 15 is 8.78 Å². The van der Waals surface area contributed by atoms with Crippen molar-refractivity contribution < 1.29 is 41.4 Å². The molecule has 1 saturated heterocycles. The third kappa shape index (κ3) is 7.17. The lowest BCUT2D eigenvalue weighted by molar-refractivity contribution is -0.119. The summed E-state index contributed by atoms with van der Waals surface area (Å²) >= 11 is 5.79. The smallest absolute Gasteiger partial charge is 0.227 e. The summed E-state index contributed by atoms with van der Waals surface area (Å²) < 4.78 is 78.0. The van der Waals surface area contributed by atoms with Gasteiger partial charge < -0.3 is 28.8 Å². The predicted octanol–water partition coefficient (Wildman–Crippen LogP) is 7.80. The number of carbonyl (C=O) groups excluding carboxylic acids is 1. The Labute approximate surface area is 284 Å². The van der Waals surface area contributed by atoms with Gasteiger partial charge in [-0.05, 0) is 54.7 Å². The summed E-state index contributed by atoms with van der Waals surface area (Å²) in [6.07, 6.45) is -0.731. The third-order valence-electron chi connectivity index (χ3n) is 9.77. The van der Waals surface area contributed by atoms with Crippen LogP contribution in [0.15, 0.2) is 42.5 Å². The van der Waals surface area contributed by atoms with Crippen LogP contribution in [-0.2, 0) is 22.2 Å². The Morgan fingerprint density at radius 2 is 1.71 bits per heavy atom. The van der Waals surface area contributed by atoms with Crippen molar-refractivity contribution in [2.24, 2.45) is 0 Å². The maximum atomic E-state index is 15.4. The van der Waals surface area contributed by atoms with Gasteiger partial charge in [-0.15, -0.1) is 0 Å². The van der Waals surface area contributed by atoms with Gasteiger partial charge >= 0.3 is 0 Å². The first kappa shape index (κ1) is 36.0. The largest absolute Gasteiger partial charge is 0.497 e. The second-order valence-corrected chi connectivity index (χ2v) is 19.2. The lowest BCUT2D eigenvalue weighted by Gasteiger charge is -2.49. The summed E-state index contributed by atoms with van der Waals surface area (Å²) in [5.41, 5.74) is -0.859. The zero-order valence-electron chi connectivity index (χ0n) is 27.9. The Balaban J connectivity index is 1.45. The summed E-state index contributed by atoms with van der Waals surface area (Å²) in [5, 5.41) is 11.5. The van der Waals surface area contributed by atoms with Crippen LogP contribution in [0.2, 0.25) is 23.2 Å². The summed E-state index contributed by atoms with van der Waals surface area (Å²) in [6, 6.07) is 9.78. The molecule has 5 rings (SSSR count). The van der Waals surface area contributed by atoms with E-state index in [-0.39, 0.29) is 78.6 Å². The van der Waals surface area contributed by atoms with Crippen LogP contribution < -0.4 is 19.3 Å². The number of amides is 1. The minimum Gasteiger partial charge on any atom is -0.497 e. The molecule has 2 heterocycles. The van der Waals surface area contributed by atoms with Crippen LogP contribution in [0, 0.1) is 23.3 Å². The first-order valence-electron chi connectivity index (χ1n) is 15.8. The Morgan fingerprint density at radius 1 is 1.02 bits per heavy atom. The van der Waals surface area contributed by atoms with Crippen LogP contribution in [0.25, 0.3) is 0 Å². The number of carbonyl (C=O) groups is 1. The molecular weight excluding hydrogens is 668 g/mol. The van der Waals surface area contributed by atoms with Crippen molar-refractivity contribution in [3.8, 4) is 11.5 Å². The maximum absolute atomic E-state index is 15.4. The van der Waals surface area contributed by atoms with Crippen molar-refractivity contribution in [2.75, 3.05) is 36.6 Å². The zero-order valence-corrected chi connectivity index (χ0v) is 29.7. The number of ether oxygens (including phenoxy) is 2. The Kier molecular flexibility index (Phi) is 10.1. The highest BCUT2D eigenvalue weighted by atomic mass is 35.5. The molecule has 0 unspecified atom stereocenters. The molecule has 1 fully saturated rings. The van der Waals surface area contributed by atoms with E-state index in [4.69, 9.17) is 25.5 Å². The lowest BCUT2D eigenvalue weighted by atomic mass is 9.89. The molecule has 0 aromatic heterocycles. The van der Waals surface area contributed by atoms with Gasteiger partial charge in [0.25, 0.3) is 0 Å².